The fourth-order valence-electron chi connectivity index (χ4n) is 11.7. The highest BCUT2D eigenvalue weighted by Crippen LogP contribution is 2.42. The molecule has 2 fully saturated rings. The number of likely N-dealkylation sites (tertiary alicyclic amines) is 2. The zero-order valence-corrected chi connectivity index (χ0v) is 58.7. The number of alkyl halides is 13. The lowest BCUT2D eigenvalue weighted by molar-refractivity contribution is -0.144. The van der Waals surface area contributed by atoms with E-state index in [0.717, 1.165) is 23.5 Å². The molecule has 6 atom stereocenters. The number of amides is 2. The molecule has 0 aliphatic carbocycles. The topological polar surface area (TPSA) is 199 Å². The fraction of sp³-hybridized carbons (Fsp3) is 0.486. The molecule has 552 valence electrons. The lowest BCUT2D eigenvalue weighted by atomic mass is 9.86. The van der Waals surface area contributed by atoms with Crippen molar-refractivity contribution in [1.29, 1.82) is 0 Å². The molecule has 31 heteroatoms. The molecule has 18 nitrogen and oxygen atoms in total. The molecular weight excluding hydrogens is 1420 g/mol. The predicted octanol–water partition coefficient (Wildman–Crippen LogP) is 16.4. The van der Waals surface area contributed by atoms with Crippen LogP contribution in [0.25, 0.3) is 0 Å². The Morgan fingerprint density at radius 2 is 0.822 bits per heavy atom. The Balaban J connectivity index is 0.000000295. The second kappa shape index (κ2) is 34.8. The number of nitrogens with zero attached hydrogens (tertiary/aromatic N) is 8. The van der Waals surface area contributed by atoms with E-state index in [1.54, 1.807) is 61.1 Å². The summed E-state index contributed by atoms with van der Waals surface area (Å²) in [5.74, 6) is -1.05. The molecule has 0 saturated carbocycles. The van der Waals surface area contributed by atoms with E-state index in [1.165, 1.54) is 26.6 Å². The molecule has 2 saturated heterocycles. The molecule has 2 aliphatic rings. The van der Waals surface area contributed by atoms with Crippen LogP contribution in [-0.4, -0.2) is 133 Å². The highest BCUT2D eigenvalue weighted by atomic mass is 79.9. The Morgan fingerprint density at radius 3 is 1.11 bits per heavy atom. The van der Waals surface area contributed by atoms with Crippen LogP contribution in [0.15, 0.2) is 122 Å². The van der Waals surface area contributed by atoms with Gasteiger partial charge in [0, 0.05) is 49.3 Å². The van der Waals surface area contributed by atoms with Crippen molar-refractivity contribution in [3.63, 3.8) is 0 Å². The fourth-order valence-corrected chi connectivity index (χ4v) is 11.9. The summed E-state index contributed by atoms with van der Waals surface area (Å²) in [6.45, 7) is 13.1. The number of methoxy groups -OCH3 is 2. The molecule has 0 unspecified atom stereocenters. The Morgan fingerprint density at radius 1 is 0.495 bits per heavy atom. The average Bonchev–Trinajstić information content (AvgIpc) is 0.789. The molecule has 1 N–H and O–H groups in total. The molecule has 0 spiro atoms. The Kier molecular flexibility index (Phi) is 28.0. The first-order chi connectivity index (χ1) is 47.1. The van der Waals surface area contributed by atoms with Crippen LogP contribution in [0.5, 0.6) is 11.5 Å². The van der Waals surface area contributed by atoms with Crippen molar-refractivity contribution in [3.8, 4) is 11.5 Å². The first-order valence-electron chi connectivity index (χ1n) is 32.0. The van der Waals surface area contributed by atoms with E-state index in [0.29, 0.717) is 62.8 Å². The number of hydrogen-bond donors (Lipinski definition) is 1. The van der Waals surface area contributed by atoms with Gasteiger partial charge in [-0.05, 0) is 152 Å². The van der Waals surface area contributed by atoms with E-state index in [1.807, 2.05) is 74.5 Å². The van der Waals surface area contributed by atoms with E-state index >= 15 is 0 Å². The number of halogens is 13. The molecule has 4 heterocycles. The van der Waals surface area contributed by atoms with Gasteiger partial charge in [0.25, 0.3) is 0 Å². The molecule has 6 aromatic rings. The first-order valence-corrected chi connectivity index (χ1v) is 33.1. The maximum atomic E-state index is 13.8. The highest BCUT2D eigenvalue weighted by Gasteiger charge is 2.46. The van der Waals surface area contributed by atoms with E-state index in [2.05, 4.69) is 45.3 Å². The van der Waals surface area contributed by atoms with Gasteiger partial charge < -0.3 is 48.4 Å². The zero-order chi connectivity index (χ0) is 75.0. The summed E-state index contributed by atoms with van der Waals surface area (Å²) in [5, 5.41) is 10.1. The van der Waals surface area contributed by atoms with Gasteiger partial charge in [-0.15, -0.1) is 0 Å². The van der Waals surface area contributed by atoms with Crippen molar-refractivity contribution in [2.24, 2.45) is 0 Å². The SMILES string of the molecule is CC[C@@H]1C[C@H](N(Cc2cc(C(F)(F)F)cc(C(F)(F)F)c2)c2ncc(O)cn2)C[C@H](Cc2ccccc2)N1C(=O)OC(C)(C)C.CC[C@@H]1C[C@H](N(Cc2cc(C(F)(F)F)cc(C(F)(F)F)c2)c2ncc(OCC(=O)OC)cn2)C[C@H](Cc2ccccc2)N1C(=O)OC(C)(C)C.COC(=O)CBr. The second-order valence-corrected chi connectivity index (χ2v) is 26.5. The number of carbonyl (C=O) groups excluding carboxylic acids is 4. The van der Waals surface area contributed by atoms with Crippen LogP contribution >= 0.6 is 15.9 Å². The standard InChI is InChI=1S/C35H40F6N4O5.C32H36F6N4O3.C3H5BrO2/c1-6-26-16-27(17-28(14-22-10-8-7-9-11-22)45(26)32(47)50-33(2,3)4)44(31-42-18-29(19-43-31)49-21-30(46)48-5)20-23-12-24(34(36,37)38)15-25(13-23)35(39,40)41;1-5-24-15-25(16-26(13-20-9-7-6-8-10-20)42(24)29(44)45-30(2,3)4)41(28-39-17-27(43)18-40-28)19-21-11-22(31(33,34)35)14-23(12-21)32(36,37)38;1-6-3(5)2-4/h7-13,15,18-19,26-28H,6,14,16-17,20-21H2,1-5H3;6-12,14,17-18,24-26,43H,5,13,15-16,19H2,1-4H3;2H2,1H3/t26-,27+,28+;24-,25+,26+;/m11./s1. The third-order valence-corrected chi connectivity index (χ3v) is 16.5. The van der Waals surface area contributed by atoms with Crippen molar-refractivity contribution in [1.82, 2.24) is 29.7 Å². The molecule has 2 aliphatic heterocycles. The van der Waals surface area contributed by atoms with Crippen molar-refractivity contribution in [3.05, 3.63) is 166 Å². The molecular formula is C70H81BrF12N8O10. The first kappa shape index (κ1) is 81.3. The van der Waals surface area contributed by atoms with Crippen molar-refractivity contribution >= 4 is 52.0 Å². The highest BCUT2D eigenvalue weighted by molar-refractivity contribution is 9.09. The van der Waals surface area contributed by atoms with Crippen LogP contribution in [0.2, 0.25) is 0 Å². The van der Waals surface area contributed by atoms with Crippen LogP contribution in [0.1, 0.15) is 138 Å². The number of anilines is 2. The number of rotatable bonds is 18. The summed E-state index contributed by atoms with van der Waals surface area (Å²) < 4.78 is 191. The predicted molar refractivity (Wildman–Crippen MR) is 353 cm³/mol. The van der Waals surface area contributed by atoms with Crippen LogP contribution < -0.4 is 14.5 Å². The van der Waals surface area contributed by atoms with Gasteiger partial charge in [-0.1, -0.05) is 90.4 Å². The maximum absolute atomic E-state index is 13.8. The summed E-state index contributed by atoms with van der Waals surface area (Å²) in [6, 6.07) is 19.0. The number of aromatic nitrogens is 4. The minimum atomic E-state index is -5.04. The van der Waals surface area contributed by atoms with Crippen molar-refractivity contribution in [2.75, 3.05) is 36.0 Å². The smallest absolute Gasteiger partial charge is 0.416 e. The summed E-state index contributed by atoms with van der Waals surface area (Å²) in [6.07, 6.45) is -13.4. The zero-order valence-electron chi connectivity index (χ0n) is 57.1. The molecule has 0 bridgehead atoms. The summed E-state index contributed by atoms with van der Waals surface area (Å²) in [5.41, 5.74) is -5.93. The van der Waals surface area contributed by atoms with Crippen LogP contribution in [0.4, 0.5) is 74.2 Å². The van der Waals surface area contributed by atoms with Gasteiger partial charge in [0.05, 0.1) is 61.3 Å². The number of carbonyl (C=O) groups is 4. The summed E-state index contributed by atoms with van der Waals surface area (Å²) in [4.78, 5) is 72.2. The Bertz CT molecular complexity index is 3590. The molecule has 2 aromatic heterocycles. The van der Waals surface area contributed by atoms with Crippen LogP contribution in [0, 0.1) is 0 Å². The maximum Gasteiger partial charge on any atom is 0.416 e. The average molecular weight is 1500 g/mol. The summed E-state index contributed by atoms with van der Waals surface area (Å²) in [7, 11) is 2.54. The van der Waals surface area contributed by atoms with Gasteiger partial charge in [-0.2, -0.15) is 52.7 Å². The molecule has 0 radical (unpaired) electrons. The number of benzene rings is 4. The van der Waals surface area contributed by atoms with Gasteiger partial charge in [0.2, 0.25) is 11.9 Å². The van der Waals surface area contributed by atoms with Crippen molar-refractivity contribution < 1.29 is 101 Å². The third-order valence-electron chi connectivity index (χ3n) is 16.1. The lowest BCUT2D eigenvalue weighted by Crippen LogP contribution is -2.58. The minimum absolute atomic E-state index is 0.00502. The van der Waals surface area contributed by atoms with E-state index in [4.69, 9.17) is 14.2 Å². The van der Waals surface area contributed by atoms with Crippen molar-refractivity contribution in [2.45, 2.75) is 192 Å². The number of esters is 2. The molecule has 8 rings (SSSR count). The second-order valence-electron chi connectivity index (χ2n) is 26.0. The van der Waals surface area contributed by atoms with Gasteiger partial charge in [-0.25, -0.2) is 34.3 Å². The molecule has 101 heavy (non-hydrogen) atoms. The number of hydrogen-bond acceptors (Lipinski definition) is 16. The molecule has 2 amide bonds. The van der Waals surface area contributed by atoms with Crippen LogP contribution in [0.3, 0.4) is 0 Å². The van der Waals surface area contributed by atoms with Gasteiger partial charge in [-0.3, -0.25) is 4.79 Å². The lowest BCUT2D eigenvalue weighted by Gasteiger charge is -2.48. The van der Waals surface area contributed by atoms with E-state index in [9.17, 15) is 77.0 Å². The Hall–Kier alpha value is -8.64. The number of aromatic hydroxyl groups is 1. The molecule has 4 aromatic carbocycles. The quantitative estimate of drug-likeness (QED) is 0.0368. The third kappa shape index (κ3) is 24.6. The Labute approximate surface area is 585 Å². The van der Waals surface area contributed by atoms with E-state index in [-0.39, 0.29) is 83.4 Å². The van der Waals surface area contributed by atoms with E-state index < -0.39 is 120 Å². The van der Waals surface area contributed by atoms with Gasteiger partial charge in [0.15, 0.2) is 18.1 Å². The number of piperidine rings is 2. The summed E-state index contributed by atoms with van der Waals surface area (Å²) >= 11 is 2.90. The number of ether oxygens (including phenoxy) is 5. The minimum Gasteiger partial charge on any atom is -0.505 e. The monoisotopic (exact) mass is 1500 g/mol. The van der Waals surface area contributed by atoms with Crippen LogP contribution in [-0.2, 0) is 79.2 Å². The van der Waals surface area contributed by atoms with Gasteiger partial charge in [0.1, 0.15) is 16.5 Å². The largest absolute Gasteiger partial charge is 0.505 e. The normalized spacial score (nSPS) is 18.2. The van der Waals surface area contributed by atoms with Gasteiger partial charge >= 0.3 is 48.8 Å².